The van der Waals surface area contributed by atoms with Crippen LogP contribution in [0.1, 0.15) is 64.2 Å². The van der Waals surface area contributed by atoms with Crippen molar-refractivity contribution in [3.63, 3.8) is 0 Å². The summed E-state index contributed by atoms with van der Waals surface area (Å²) in [6.45, 7) is 11.0. The molecule has 0 radical (unpaired) electrons. The van der Waals surface area contributed by atoms with Gasteiger partial charge in [-0.15, -0.1) is 0 Å². The van der Waals surface area contributed by atoms with Crippen LogP contribution in [0.15, 0.2) is 30.3 Å². The summed E-state index contributed by atoms with van der Waals surface area (Å²) in [5.74, 6) is 0.802. The van der Waals surface area contributed by atoms with Crippen LogP contribution in [-0.2, 0) is 14.1 Å². The second kappa shape index (κ2) is 8.25. The number of carbonyl (C=O) groups excluding carboxylic acids is 2. The molecule has 168 valence electrons. The Morgan fingerprint density at radius 3 is 2.52 bits per heavy atom. The van der Waals surface area contributed by atoms with E-state index in [1.54, 1.807) is 24.3 Å². The van der Waals surface area contributed by atoms with E-state index < -0.39 is 7.12 Å². The molecular formula is C24H35BN2O4. The summed E-state index contributed by atoms with van der Waals surface area (Å²) in [7, 11) is -0.457. The summed E-state index contributed by atoms with van der Waals surface area (Å²) >= 11 is 0. The van der Waals surface area contributed by atoms with Crippen molar-refractivity contribution >= 4 is 18.9 Å². The second-order valence-electron chi connectivity index (χ2n) is 10.7. The van der Waals surface area contributed by atoms with Gasteiger partial charge >= 0.3 is 7.12 Å². The number of amides is 2. The van der Waals surface area contributed by atoms with Crippen LogP contribution in [0.25, 0.3) is 0 Å². The summed E-state index contributed by atoms with van der Waals surface area (Å²) in [6.07, 6.45) is 3.05. The minimum atomic E-state index is -0.457. The first kappa shape index (κ1) is 22.3. The van der Waals surface area contributed by atoms with Gasteiger partial charge in [0.15, 0.2) is 0 Å². The molecular weight excluding hydrogens is 391 g/mol. The maximum absolute atomic E-state index is 12.7. The fourth-order valence-electron chi connectivity index (χ4n) is 5.93. The molecule has 1 aliphatic heterocycles. The zero-order valence-electron chi connectivity index (χ0n) is 19.3. The highest BCUT2D eigenvalue weighted by Gasteiger charge is 2.68. The lowest BCUT2D eigenvalue weighted by atomic mass is 9.43. The summed E-state index contributed by atoms with van der Waals surface area (Å²) in [5.41, 5.74) is 0.516. The van der Waals surface area contributed by atoms with Crippen LogP contribution in [0.3, 0.4) is 0 Å². The van der Waals surface area contributed by atoms with Crippen LogP contribution >= 0.6 is 0 Å². The van der Waals surface area contributed by atoms with Crippen molar-refractivity contribution in [3.05, 3.63) is 35.9 Å². The number of carbonyl (C=O) groups is 2. The fraction of sp³-hybridized carbons (Fsp3) is 0.667. The van der Waals surface area contributed by atoms with E-state index in [-0.39, 0.29) is 41.4 Å². The highest BCUT2D eigenvalue weighted by molar-refractivity contribution is 6.47. The Hall–Kier alpha value is -1.86. The minimum Gasteiger partial charge on any atom is -0.404 e. The average molecular weight is 426 g/mol. The van der Waals surface area contributed by atoms with Crippen molar-refractivity contribution < 1.29 is 18.9 Å². The lowest BCUT2D eigenvalue weighted by Gasteiger charge is -2.64. The minimum absolute atomic E-state index is 0.0759. The lowest BCUT2D eigenvalue weighted by Crippen LogP contribution is -2.65. The van der Waals surface area contributed by atoms with Crippen molar-refractivity contribution in [1.82, 2.24) is 10.6 Å². The third-order valence-corrected chi connectivity index (χ3v) is 7.81. The maximum Gasteiger partial charge on any atom is 0.481 e. The van der Waals surface area contributed by atoms with Crippen LogP contribution in [-0.4, -0.2) is 43.1 Å². The molecule has 5 atom stereocenters. The molecule has 3 saturated carbocycles. The molecule has 6 nitrogen and oxygen atoms in total. The Bertz CT molecular complexity index is 830. The Kier molecular flexibility index (Phi) is 5.94. The monoisotopic (exact) mass is 426 g/mol. The van der Waals surface area contributed by atoms with Gasteiger partial charge in [-0.2, -0.15) is 0 Å². The van der Waals surface area contributed by atoms with Gasteiger partial charge in [-0.1, -0.05) is 45.9 Å². The van der Waals surface area contributed by atoms with Crippen LogP contribution in [0.4, 0.5) is 0 Å². The van der Waals surface area contributed by atoms with Crippen LogP contribution in [0, 0.1) is 23.2 Å². The lowest BCUT2D eigenvalue weighted by molar-refractivity contribution is -0.199. The van der Waals surface area contributed by atoms with E-state index in [9.17, 15) is 9.59 Å². The number of hydrogen-bond donors (Lipinski definition) is 2. The van der Waals surface area contributed by atoms with Crippen molar-refractivity contribution in [2.24, 2.45) is 23.2 Å². The van der Waals surface area contributed by atoms with E-state index in [4.69, 9.17) is 9.31 Å². The molecule has 1 heterocycles. The molecule has 2 N–H and O–H groups in total. The predicted octanol–water partition coefficient (Wildman–Crippen LogP) is 3.21. The molecule has 1 saturated heterocycles. The van der Waals surface area contributed by atoms with Gasteiger partial charge in [0.1, 0.15) is 0 Å². The summed E-state index contributed by atoms with van der Waals surface area (Å²) in [6, 6.07) is 8.90. The van der Waals surface area contributed by atoms with Crippen molar-refractivity contribution in [2.75, 3.05) is 6.54 Å². The predicted molar refractivity (Wildman–Crippen MR) is 120 cm³/mol. The summed E-state index contributed by atoms with van der Waals surface area (Å²) in [5, 5.41) is 5.77. The van der Waals surface area contributed by atoms with E-state index in [1.165, 1.54) is 6.42 Å². The fourth-order valence-corrected chi connectivity index (χ4v) is 5.93. The molecule has 4 aliphatic rings. The highest BCUT2D eigenvalue weighted by atomic mass is 16.7. The summed E-state index contributed by atoms with van der Waals surface area (Å²) in [4.78, 5) is 24.9. The van der Waals surface area contributed by atoms with Gasteiger partial charge in [0.25, 0.3) is 5.91 Å². The van der Waals surface area contributed by atoms with Gasteiger partial charge in [-0.25, -0.2) is 0 Å². The maximum atomic E-state index is 12.7. The third kappa shape index (κ3) is 4.14. The molecule has 1 aromatic carbocycles. The Morgan fingerprint density at radius 1 is 1.16 bits per heavy atom. The molecule has 1 aromatic rings. The van der Waals surface area contributed by atoms with Crippen molar-refractivity contribution in [2.45, 2.75) is 71.5 Å². The molecule has 31 heavy (non-hydrogen) atoms. The van der Waals surface area contributed by atoms with Gasteiger partial charge in [0.2, 0.25) is 5.91 Å². The molecule has 5 rings (SSSR count). The largest absolute Gasteiger partial charge is 0.481 e. The highest BCUT2D eigenvalue weighted by Crippen LogP contribution is 2.65. The smallest absolute Gasteiger partial charge is 0.404 e. The molecule has 3 aliphatic carbocycles. The SMILES string of the molecule is CC(C)CC(NC(=O)CNC(=O)c1ccccc1)B1OC2C[C@@H]3C[C@@H](C3(C)C)[C@]2(C)O1. The molecule has 2 unspecified atom stereocenters. The van der Waals surface area contributed by atoms with Gasteiger partial charge in [-0.3, -0.25) is 9.59 Å². The van der Waals surface area contributed by atoms with E-state index in [2.05, 4.69) is 45.3 Å². The molecule has 2 amide bonds. The Balaban J connectivity index is 1.38. The normalized spacial score (nSPS) is 31.5. The first-order valence-corrected chi connectivity index (χ1v) is 11.6. The van der Waals surface area contributed by atoms with E-state index in [0.717, 1.165) is 12.8 Å². The second-order valence-corrected chi connectivity index (χ2v) is 10.7. The van der Waals surface area contributed by atoms with Crippen LogP contribution in [0.2, 0.25) is 0 Å². The molecule has 2 bridgehead atoms. The van der Waals surface area contributed by atoms with Crippen LogP contribution in [0.5, 0.6) is 0 Å². The van der Waals surface area contributed by atoms with Gasteiger partial charge in [0.05, 0.1) is 24.2 Å². The van der Waals surface area contributed by atoms with Crippen LogP contribution < -0.4 is 10.6 Å². The van der Waals surface area contributed by atoms with E-state index in [0.29, 0.717) is 23.3 Å². The Morgan fingerprint density at radius 2 is 1.87 bits per heavy atom. The number of rotatable bonds is 7. The van der Waals surface area contributed by atoms with Gasteiger partial charge in [-0.05, 0) is 61.5 Å². The zero-order chi connectivity index (χ0) is 22.4. The Labute approximate surface area is 186 Å². The quantitative estimate of drug-likeness (QED) is 0.657. The molecule has 0 spiro atoms. The third-order valence-electron chi connectivity index (χ3n) is 7.81. The topological polar surface area (TPSA) is 76.7 Å². The zero-order valence-corrected chi connectivity index (χ0v) is 19.3. The number of nitrogens with one attached hydrogen (secondary N) is 2. The first-order chi connectivity index (χ1) is 14.6. The van der Waals surface area contributed by atoms with E-state index in [1.807, 2.05) is 6.07 Å². The first-order valence-electron chi connectivity index (χ1n) is 11.6. The van der Waals surface area contributed by atoms with Crippen molar-refractivity contribution in [1.29, 1.82) is 0 Å². The standard InChI is InChI=1S/C24H35BN2O4/c1-15(2)11-20(27-21(28)14-26-22(29)16-9-7-6-8-10-16)25-30-19-13-17-12-18(23(17,3)4)24(19,5)31-25/h6-10,15,17-20H,11-14H2,1-5H3,(H,26,29)(H,27,28)/t17-,18-,19?,20?,24-/m0/s1. The van der Waals surface area contributed by atoms with Gasteiger partial charge in [0, 0.05) is 5.56 Å². The van der Waals surface area contributed by atoms with E-state index >= 15 is 0 Å². The summed E-state index contributed by atoms with van der Waals surface area (Å²) < 4.78 is 13.0. The number of hydrogen-bond acceptors (Lipinski definition) is 4. The average Bonchev–Trinajstić information content (AvgIpc) is 3.09. The number of benzene rings is 1. The molecule has 4 fully saturated rings. The molecule has 7 heteroatoms. The van der Waals surface area contributed by atoms with Crippen molar-refractivity contribution in [3.8, 4) is 0 Å². The molecule has 0 aromatic heterocycles. The van der Waals surface area contributed by atoms with Gasteiger partial charge < -0.3 is 19.9 Å².